The first kappa shape index (κ1) is 15.8. The van der Waals surface area contributed by atoms with Gasteiger partial charge in [-0.15, -0.1) is 0 Å². The van der Waals surface area contributed by atoms with E-state index in [1.807, 2.05) is 0 Å². The maximum absolute atomic E-state index is 13.5. The largest absolute Gasteiger partial charge is 0.478 e. The highest BCUT2D eigenvalue weighted by Gasteiger charge is 2.21. The molecule has 1 rings (SSSR count). The van der Waals surface area contributed by atoms with Gasteiger partial charge in [0.15, 0.2) is 0 Å². The van der Waals surface area contributed by atoms with Crippen LogP contribution in [0.25, 0.3) is 0 Å². The van der Waals surface area contributed by atoms with Crippen LogP contribution in [-0.2, 0) is 10.0 Å². The minimum absolute atomic E-state index is 0.0826. The smallest absolute Gasteiger partial charge is 0.335 e. The van der Waals surface area contributed by atoms with Crippen LogP contribution < -0.4 is 4.72 Å². The molecule has 2 N–H and O–H groups in total. The summed E-state index contributed by atoms with van der Waals surface area (Å²) in [4.78, 5) is 10.4. The molecule has 8 heteroatoms. The maximum atomic E-state index is 13.5. The van der Waals surface area contributed by atoms with Gasteiger partial charge < -0.3 is 5.11 Å². The molecule has 0 unspecified atom stereocenters. The van der Waals surface area contributed by atoms with Gasteiger partial charge in [-0.25, -0.2) is 22.3 Å². The van der Waals surface area contributed by atoms with Crippen molar-refractivity contribution in [2.24, 2.45) is 0 Å². The first-order valence-electron chi connectivity index (χ1n) is 5.01. The second-order valence-corrected chi connectivity index (χ2v) is 6.59. The fraction of sp³-hybridized carbons (Fsp3) is 0.182. The van der Waals surface area contributed by atoms with Crippen LogP contribution in [-0.4, -0.2) is 26.0 Å². The Morgan fingerprint density at radius 2 is 2.11 bits per heavy atom. The normalized spacial score (nSPS) is 11.3. The number of rotatable bonds is 5. The lowest BCUT2D eigenvalue weighted by Crippen LogP contribution is -2.26. The van der Waals surface area contributed by atoms with E-state index in [1.165, 1.54) is 6.92 Å². The summed E-state index contributed by atoms with van der Waals surface area (Å²) in [5.74, 6) is -2.29. The molecule has 0 saturated heterocycles. The maximum Gasteiger partial charge on any atom is 0.335 e. The van der Waals surface area contributed by atoms with Gasteiger partial charge in [-0.3, -0.25) is 0 Å². The molecular weight excluding hydrogens is 341 g/mol. The molecule has 0 aromatic heterocycles. The molecule has 0 radical (unpaired) electrons. The van der Waals surface area contributed by atoms with E-state index in [0.29, 0.717) is 4.48 Å². The van der Waals surface area contributed by atoms with E-state index in [9.17, 15) is 17.6 Å². The molecule has 0 aliphatic carbocycles. The van der Waals surface area contributed by atoms with Crippen molar-refractivity contribution in [3.8, 4) is 0 Å². The average Bonchev–Trinajstić information content (AvgIpc) is 2.29. The molecule has 0 atom stereocenters. The number of sulfonamides is 1. The van der Waals surface area contributed by atoms with Crippen molar-refractivity contribution < 1.29 is 22.7 Å². The summed E-state index contributed by atoms with van der Waals surface area (Å²) in [5, 5.41) is 8.80. The van der Waals surface area contributed by atoms with Crippen molar-refractivity contribution in [3.63, 3.8) is 0 Å². The van der Waals surface area contributed by atoms with Crippen LogP contribution >= 0.6 is 15.9 Å². The summed E-state index contributed by atoms with van der Waals surface area (Å²) < 4.78 is 40.0. The van der Waals surface area contributed by atoms with Crippen LogP contribution in [0, 0.1) is 12.7 Å². The molecule has 19 heavy (non-hydrogen) atoms. The summed E-state index contributed by atoms with van der Waals surface area (Å²) >= 11 is 2.98. The predicted molar refractivity (Wildman–Crippen MR) is 71.4 cm³/mol. The third-order valence-electron chi connectivity index (χ3n) is 2.29. The van der Waals surface area contributed by atoms with Crippen LogP contribution in [0.15, 0.2) is 28.1 Å². The number of carboxylic acid groups (broad SMARTS) is 1. The van der Waals surface area contributed by atoms with Crippen LogP contribution in [0.5, 0.6) is 0 Å². The monoisotopic (exact) mass is 351 g/mol. The van der Waals surface area contributed by atoms with Crippen LogP contribution in [0.4, 0.5) is 4.39 Å². The zero-order valence-corrected chi connectivity index (χ0v) is 12.3. The second kappa shape index (κ2) is 5.81. The Labute approximate surface area is 118 Å². The highest BCUT2D eigenvalue weighted by atomic mass is 79.9. The molecule has 1 aromatic carbocycles. The van der Waals surface area contributed by atoms with Gasteiger partial charge in [-0.05, 0) is 19.1 Å². The summed E-state index contributed by atoms with van der Waals surface area (Å²) in [6.07, 6.45) is 0. The molecule has 0 aliphatic rings. The minimum atomic E-state index is -4.01. The SMILES string of the molecule is C=C(Br)CNS(=O)(=O)c1cc(C(=O)O)cc(F)c1C. The van der Waals surface area contributed by atoms with Gasteiger partial charge in [-0.1, -0.05) is 22.5 Å². The molecular formula is C11H11BrFNO4S. The second-order valence-electron chi connectivity index (χ2n) is 3.73. The Hall–Kier alpha value is -1.25. The van der Waals surface area contributed by atoms with Gasteiger partial charge in [0.25, 0.3) is 0 Å². The van der Waals surface area contributed by atoms with Gasteiger partial charge >= 0.3 is 5.97 Å². The van der Waals surface area contributed by atoms with E-state index in [-0.39, 0.29) is 12.1 Å². The van der Waals surface area contributed by atoms with Crippen molar-refractivity contribution in [1.29, 1.82) is 0 Å². The van der Waals surface area contributed by atoms with Crippen molar-refractivity contribution in [1.82, 2.24) is 4.72 Å². The summed E-state index contributed by atoms with van der Waals surface area (Å²) in [6.45, 7) is 4.64. The highest BCUT2D eigenvalue weighted by Crippen LogP contribution is 2.21. The lowest BCUT2D eigenvalue weighted by atomic mass is 10.1. The van der Waals surface area contributed by atoms with Gasteiger partial charge in [0, 0.05) is 16.6 Å². The average molecular weight is 352 g/mol. The fourth-order valence-electron chi connectivity index (χ4n) is 1.31. The van der Waals surface area contributed by atoms with Crippen LogP contribution in [0.2, 0.25) is 0 Å². The first-order chi connectivity index (χ1) is 8.65. The van der Waals surface area contributed by atoms with Crippen molar-refractivity contribution in [3.05, 3.63) is 40.1 Å². The Morgan fingerprint density at radius 1 is 1.53 bits per heavy atom. The third-order valence-corrected chi connectivity index (χ3v) is 4.09. The molecule has 1 aromatic rings. The van der Waals surface area contributed by atoms with E-state index in [2.05, 4.69) is 27.2 Å². The van der Waals surface area contributed by atoms with E-state index in [0.717, 1.165) is 12.1 Å². The number of aromatic carboxylic acids is 1. The lowest BCUT2D eigenvalue weighted by Gasteiger charge is -2.10. The van der Waals surface area contributed by atoms with Crippen LogP contribution in [0.1, 0.15) is 15.9 Å². The zero-order valence-electron chi connectivity index (χ0n) is 9.91. The number of nitrogens with one attached hydrogen (secondary N) is 1. The van der Waals surface area contributed by atoms with Crippen molar-refractivity contribution in [2.45, 2.75) is 11.8 Å². The van der Waals surface area contributed by atoms with Crippen molar-refractivity contribution >= 4 is 31.9 Å². The molecule has 0 bridgehead atoms. The van der Waals surface area contributed by atoms with E-state index >= 15 is 0 Å². The number of halogens is 2. The quantitative estimate of drug-likeness (QED) is 0.849. The number of benzene rings is 1. The Bertz CT molecular complexity index is 642. The summed E-state index contributed by atoms with van der Waals surface area (Å²) in [6, 6.07) is 1.69. The molecule has 0 spiro atoms. The standard InChI is InChI=1S/C11H11BrFNO4S/c1-6(12)5-14-19(17,18)10-4-8(11(15)16)3-9(13)7(10)2/h3-4,14H,1,5H2,2H3,(H,15,16). The highest BCUT2D eigenvalue weighted by molar-refractivity contribution is 9.11. The minimum Gasteiger partial charge on any atom is -0.478 e. The summed E-state index contributed by atoms with van der Waals surface area (Å²) in [7, 11) is -4.01. The summed E-state index contributed by atoms with van der Waals surface area (Å²) in [5.41, 5.74) is -0.571. The number of hydrogen-bond donors (Lipinski definition) is 2. The number of hydrogen-bond acceptors (Lipinski definition) is 3. The Morgan fingerprint density at radius 3 is 2.58 bits per heavy atom. The molecule has 0 heterocycles. The molecule has 0 aliphatic heterocycles. The molecule has 0 saturated carbocycles. The third kappa shape index (κ3) is 3.85. The van der Waals surface area contributed by atoms with E-state index in [1.54, 1.807) is 0 Å². The molecule has 0 amide bonds. The number of carboxylic acids is 1. The Kier molecular flexibility index (Phi) is 4.83. The predicted octanol–water partition coefficient (Wildman–Crippen LogP) is 2.02. The van der Waals surface area contributed by atoms with Gasteiger partial charge in [-0.2, -0.15) is 0 Å². The molecule has 104 valence electrons. The lowest BCUT2D eigenvalue weighted by molar-refractivity contribution is 0.0696. The van der Waals surface area contributed by atoms with Crippen LogP contribution in [0.3, 0.4) is 0 Å². The molecule has 5 nitrogen and oxygen atoms in total. The van der Waals surface area contributed by atoms with Gasteiger partial charge in [0.1, 0.15) is 5.82 Å². The van der Waals surface area contributed by atoms with Crippen molar-refractivity contribution in [2.75, 3.05) is 6.54 Å². The fourth-order valence-corrected chi connectivity index (χ4v) is 2.94. The molecule has 0 fully saturated rings. The number of carbonyl (C=O) groups is 1. The first-order valence-corrected chi connectivity index (χ1v) is 7.29. The van der Waals surface area contributed by atoms with Gasteiger partial charge in [0.2, 0.25) is 10.0 Å². The Balaban J connectivity index is 3.33. The van der Waals surface area contributed by atoms with E-state index in [4.69, 9.17) is 5.11 Å². The topological polar surface area (TPSA) is 83.5 Å². The zero-order chi connectivity index (χ0) is 14.8. The van der Waals surface area contributed by atoms with Gasteiger partial charge in [0.05, 0.1) is 10.5 Å². The van der Waals surface area contributed by atoms with E-state index < -0.39 is 32.3 Å².